The van der Waals surface area contributed by atoms with Crippen LogP contribution >= 0.6 is 0 Å². The van der Waals surface area contributed by atoms with E-state index in [0.29, 0.717) is 18.2 Å². The fraction of sp³-hybridized carbons (Fsp3) is 0.667. The third-order valence-electron chi connectivity index (χ3n) is 3.61. The molecule has 0 spiro atoms. The minimum Gasteiger partial charge on any atom is -0.462 e. The van der Waals surface area contributed by atoms with Crippen LogP contribution in [0.4, 0.5) is 0 Å². The highest BCUT2D eigenvalue weighted by atomic mass is 32.2. The molecule has 5 nitrogen and oxygen atoms in total. The summed E-state index contributed by atoms with van der Waals surface area (Å²) in [6.45, 7) is 5.98. The number of nitrogens with one attached hydrogen (secondary N) is 1. The third-order valence-corrected chi connectivity index (χ3v) is 5.14. The number of furan rings is 1. The summed E-state index contributed by atoms with van der Waals surface area (Å²) in [4.78, 5) is 0.116. The van der Waals surface area contributed by atoms with E-state index < -0.39 is 10.0 Å². The molecule has 2 N–H and O–H groups in total. The SMILES string of the molecule is Cc1oc(CO)cc1S(=O)(=O)NCC1CC1(C)C. The molecule has 0 aromatic carbocycles. The third kappa shape index (κ3) is 2.60. The molecule has 0 saturated heterocycles. The predicted molar refractivity (Wildman–Crippen MR) is 66.4 cm³/mol. The van der Waals surface area contributed by atoms with Crippen molar-refractivity contribution in [2.75, 3.05) is 6.54 Å². The lowest BCUT2D eigenvalue weighted by molar-refractivity contribution is 0.244. The van der Waals surface area contributed by atoms with Crippen LogP contribution in [0.5, 0.6) is 0 Å². The molecule has 1 aliphatic carbocycles. The van der Waals surface area contributed by atoms with Crippen molar-refractivity contribution in [3.63, 3.8) is 0 Å². The molecule has 1 unspecified atom stereocenters. The van der Waals surface area contributed by atoms with Gasteiger partial charge < -0.3 is 9.52 Å². The van der Waals surface area contributed by atoms with E-state index in [4.69, 9.17) is 9.52 Å². The van der Waals surface area contributed by atoms with Gasteiger partial charge in [0.05, 0.1) is 0 Å². The quantitative estimate of drug-likeness (QED) is 0.850. The van der Waals surface area contributed by atoms with Crippen molar-refractivity contribution >= 4 is 10.0 Å². The molecule has 2 rings (SSSR count). The number of aliphatic hydroxyl groups is 1. The zero-order chi connectivity index (χ0) is 13.6. The van der Waals surface area contributed by atoms with Gasteiger partial charge in [0.2, 0.25) is 10.0 Å². The second kappa shape index (κ2) is 4.36. The molecule has 18 heavy (non-hydrogen) atoms. The first-order chi connectivity index (χ1) is 8.26. The summed E-state index contributed by atoms with van der Waals surface area (Å²) in [7, 11) is -3.54. The van der Waals surface area contributed by atoms with Gasteiger partial charge in [-0.2, -0.15) is 0 Å². The van der Waals surface area contributed by atoms with Gasteiger partial charge in [0.1, 0.15) is 23.0 Å². The van der Waals surface area contributed by atoms with Gasteiger partial charge in [0, 0.05) is 12.6 Å². The molecular weight excluding hydrogens is 254 g/mol. The maximum Gasteiger partial charge on any atom is 0.244 e. The smallest absolute Gasteiger partial charge is 0.244 e. The normalized spacial score (nSPS) is 22.1. The molecule has 0 radical (unpaired) electrons. The maximum absolute atomic E-state index is 12.1. The van der Waals surface area contributed by atoms with Crippen LogP contribution in [-0.2, 0) is 16.6 Å². The van der Waals surface area contributed by atoms with Gasteiger partial charge in [-0.05, 0) is 24.7 Å². The average Bonchev–Trinajstić information content (AvgIpc) is 2.70. The zero-order valence-electron chi connectivity index (χ0n) is 10.9. The number of hydrogen-bond acceptors (Lipinski definition) is 4. The summed E-state index contributed by atoms with van der Waals surface area (Å²) < 4.78 is 31.9. The van der Waals surface area contributed by atoms with E-state index in [-0.39, 0.29) is 22.7 Å². The first kappa shape index (κ1) is 13.6. The van der Waals surface area contributed by atoms with E-state index in [9.17, 15) is 8.42 Å². The summed E-state index contributed by atoms with van der Waals surface area (Å²) in [6.07, 6.45) is 1.04. The molecule has 1 aromatic heterocycles. The lowest BCUT2D eigenvalue weighted by Crippen LogP contribution is -2.27. The van der Waals surface area contributed by atoms with Crippen LogP contribution in [0.3, 0.4) is 0 Å². The monoisotopic (exact) mass is 273 g/mol. The molecule has 1 saturated carbocycles. The zero-order valence-corrected chi connectivity index (χ0v) is 11.7. The Morgan fingerprint density at radius 2 is 2.17 bits per heavy atom. The molecule has 1 aliphatic rings. The van der Waals surface area contributed by atoms with E-state index in [1.54, 1.807) is 6.92 Å². The van der Waals surface area contributed by atoms with Gasteiger partial charge in [-0.3, -0.25) is 0 Å². The Morgan fingerprint density at radius 3 is 2.61 bits per heavy atom. The van der Waals surface area contributed by atoms with Crippen LogP contribution in [0.2, 0.25) is 0 Å². The predicted octanol–water partition coefficient (Wildman–Crippen LogP) is 1.40. The summed E-state index contributed by atoms with van der Waals surface area (Å²) in [5.41, 5.74) is 0.240. The van der Waals surface area contributed by atoms with Gasteiger partial charge in [-0.1, -0.05) is 13.8 Å². The Balaban J connectivity index is 2.08. The molecule has 1 atom stereocenters. The van der Waals surface area contributed by atoms with Crippen molar-refractivity contribution in [1.29, 1.82) is 0 Å². The molecule has 102 valence electrons. The minimum absolute atomic E-state index is 0.116. The summed E-state index contributed by atoms with van der Waals surface area (Å²) in [6, 6.07) is 1.37. The van der Waals surface area contributed by atoms with Crippen LogP contribution in [0.25, 0.3) is 0 Å². The van der Waals surface area contributed by atoms with E-state index >= 15 is 0 Å². The van der Waals surface area contributed by atoms with Crippen LogP contribution in [0, 0.1) is 18.3 Å². The first-order valence-electron chi connectivity index (χ1n) is 5.96. The summed E-state index contributed by atoms with van der Waals surface area (Å²) >= 11 is 0. The molecule has 1 aromatic rings. The van der Waals surface area contributed by atoms with Crippen molar-refractivity contribution in [3.8, 4) is 0 Å². The van der Waals surface area contributed by atoms with Crippen LogP contribution < -0.4 is 4.72 Å². The fourth-order valence-corrected chi connectivity index (χ4v) is 3.36. The molecule has 1 heterocycles. The van der Waals surface area contributed by atoms with E-state index in [1.165, 1.54) is 6.07 Å². The van der Waals surface area contributed by atoms with Gasteiger partial charge in [0.25, 0.3) is 0 Å². The van der Waals surface area contributed by atoms with Gasteiger partial charge in [0.15, 0.2) is 0 Å². The highest BCUT2D eigenvalue weighted by Crippen LogP contribution is 2.51. The molecule has 1 fully saturated rings. The van der Waals surface area contributed by atoms with Crippen molar-refractivity contribution in [1.82, 2.24) is 4.72 Å². The highest BCUT2D eigenvalue weighted by molar-refractivity contribution is 7.89. The fourth-order valence-electron chi connectivity index (χ4n) is 2.08. The Morgan fingerprint density at radius 1 is 1.56 bits per heavy atom. The molecule has 0 amide bonds. The first-order valence-corrected chi connectivity index (χ1v) is 7.44. The van der Waals surface area contributed by atoms with Gasteiger partial charge in [-0.25, -0.2) is 13.1 Å². The van der Waals surface area contributed by atoms with E-state index in [1.807, 2.05) is 0 Å². The largest absolute Gasteiger partial charge is 0.462 e. The summed E-state index contributed by atoms with van der Waals surface area (Å²) in [5.74, 6) is 0.970. The van der Waals surface area contributed by atoms with Crippen LogP contribution in [-0.4, -0.2) is 20.1 Å². The van der Waals surface area contributed by atoms with Crippen LogP contribution in [0.1, 0.15) is 31.8 Å². The number of sulfonamides is 1. The lowest BCUT2D eigenvalue weighted by Gasteiger charge is -2.06. The van der Waals surface area contributed by atoms with E-state index in [0.717, 1.165) is 6.42 Å². The maximum atomic E-state index is 12.1. The number of aryl methyl sites for hydroxylation is 1. The van der Waals surface area contributed by atoms with Crippen molar-refractivity contribution < 1.29 is 17.9 Å². The Labute approximate surface area is 107 Å². The molecule has 6 heteroatoms. The number of hydrogen-bond donors (Lipinski definition) is 2. The van der Waals surface area contributed by atoms with Crippen molar-refractivity contribution in [2.24, 2.45) is 11.3 Å². The second-order valence-corrected chi connectivity index (χ2v) is 7.27. The number of aliphatic hydroxyl groups excluding tert-OH is 1. The minimum atomic E-state index is -3.54. The van der Waals surface area contributed by atoms with Crippen LogP contribution in [0.15, 0.2) is 15.4 Å². The average molecular weight is 273 g/mol. The van der Waals surface area contributed by atoms with Gasteiger partial charge >= 0.3 is 0 Å². The topological polar surface area (TPSA) is 79.5 Å². The van der Waals surface area contributed by atoms with Crippen molar-refractivity contribution in [3.05, 3.63) is 17.6 Å². The lowest BCUT2D eigenvalue weighted by atomic mass is 10.1. The van der Waals surface area contributed by atoms with Crippen molar-refractivity contribution in [2.45, 2.75) is 38.7 Å². The molecule has 0 bridgehead atoms. The molecular formula is C12H19NO4S. The number of rotatable bonds is 5. The molecule has 0 aliphatic heterocycles. The second-order valence-electron chi connectivity index (χ2n) is 5.53. The Hall–Kier alpha value is -0.850. The summed E-state index contributed by atoms with van der Waals surface area (Å²) in [5, 5.41) is 8.93. The Kier molecular flexibility index (Phi) is 3.29. The van der Waals surface area contributed by atoms with Gasteiger partial charge in [-0.15, -0.1) is 0 Å². The highest BCUT2D eigenvalue weighted by Gasteiger charge is 2.45. The Bertz CT molecular complexity index is 544. The standard InChI is InChI=1S/C12H19NO4S/c1-8-11(4-10(7-14)17-8)18(15,16)13-6-9-5-12(9,2)3/h4,9,13-14H,5-7H2,1-3H3. The van der Waals surface area contributed by atoms with E-state index in [2.05, 4.69) is 18.6 Å².